The van der Waals surface area contributed by atoms with E-state index < -0.39 is 0 Å². The lowest BCUT2D eigenvalue weighted by Crippen LogP contribution is -2.43. The number of rotatable bonds is 3. The van der Waals surface area contributed by atoms with Gasteiger partial charge in [-0.2, -0.15) is 0 Å². The van der Waals surface area contributed by atoms with Crippen LogP contribution < -0.4 is 0 Å². The molecule has 0 spiro atoms. The summed E-state index contributed by atoms with van der Waals surface area (Å²) in [6, 6.07) is 8.64. The van der Waals surface area contributed by atoms with Gasteiger partial charge in [0, 0.05) is 11.6 Å². The van der Waals surface area contributed by atoms with Crippen LogP contribution >= 0.6 is 11.6 Å². The second-order valence-electron chi connectivity index (χ2n) is 6.68. The quantitative estimate of drug-likeness (QED) is 0.790. The summed E-state index contributed by atoms with van der Waals surface area (Å²) in [6.07, 6.45) is 5.77. The van der Waals surface area contributed by atoms with Crippen molar-refractivity contribution in [2.24, 2.45) is 17.8 Å². The number of halogens is 1. The standard InChI is InChI=1S/C17H24ClN/c1-19(2)11-16-12-3-5-13(6-4-12)17(16)14-7-9-15(18)10-8-14/h7-10,12-13,16-17H,3-6,11H2,1-2H3. The van der Waals surface area contributed by atoms with Gasteiger partial charge in [0.1, 0.15) is 0 Å². The number of benzene rings is 1. The second-order valence-corrected chi connectivity index (χ2v) is 7.11. The van der Waals surface area contributed by atoms with Crippen LogP contribution in [0, 0.1) is 17.8 Å². The molecule has 4 rings (SSSR count). The molecule has 0 aliphatic heterocycles. The van der Waals surface area contributed by atoms with Crippen molar-refractivity contribution < 1.29 is 0 Å². The van der Waals surface area contributed by atoms with Crippen molar-refractivity contribution in [2.75, 3.05) is 20.6 Å². The largest absolute Gasteiger partial charge is 0.309 e. The molecule has 2 atom stereocenters. The molecule has 104 valence electrons. The Morgan fingerprint density at radius 1 is 1.00 bits per heavy atom. The summed E-state index contributed by atoms with van der Waals surface area (Å²) >= 11 is 6.04. The summed E-state index contributed by atoms with van der Waals surface area (Å²) < 4.78 is 0. The molecule has 2 heteroatoms. The topological polar surface area (TPSA) is 3.24 Å². The average Bonchev–Trinajstić information content (AvgIpc) is 2.41. The van der Waals surface area contributed by atoms with Crippen LogP contribution in [0.3, 0.4) is 0 Å². The van der Waals surface area contributed by atoms with Crippen LogP contribution in [0.1, 0.15) is 37.2 Å². The minimum absolute atomic E-state index is 0.757. The highest BCUT2D eigenvalue weighted by molar-refractivity contribution is 6.30. The summed E-state index contributed by atoms with van der Waals surface area (Å²) in [6.45, 7) is 1.23. The van der Waals surface area contributed by atoms with Crippen molar-refractivity contribution in [1.82, 2.24) is 4.90 Å². The molecule has 2 bridgehead atoms. The molecular formula is C17H24ClN. The maximum absolute atomic E-state index is 6.04. The fraction of sp³-hybridized carbons (Fsp3) is 0.647. The third kappa shape index (κ3) is 2.68. The molecule has 1 aromatic rings. The van der Waals surface area contributed by atoms with E-state index >= 15 is 0 Å². The Bertz CT molecular complexity index is 417. The highest BCUT2D eigenvalue weighted by Crippen LogP contribution is 2.53. The third-order valence-electron chi connectivity index (χ3n) is 5.22. The first-order valence-corrected chi connectivity index (χ1v) is 7.93. The van der Waals surface area contributed by atoms with Gasteiger partial charge in [0.15, 0.2) is 0 Å². The first-order chi connectivity index (χ1) is 9.15. The fourth-order valence-electron chi connectivity index (χ4n) is 4.46. The molecule has 1 aromatic carbocycles. The van der Waals surface area contributed by atoms with Crippen molar-refractivity contribution in [1.29, 1.82) is 0 Å². The van der Waals surface area contributed by atoms with E-state index in [-0.39, 0.29) is 0 Å². The summed E-state index contributed by atoms with van der Waals surface area (Å²) in [4.78, 5) is 2.37. The molecule has 0 saturated heterocycles. The molecule has 2 unspecified atom stereocenters. The van der Waals surface area contributed by atoms with Gasteiger partial charge < -0.3 is 4.90 Å². The molecule has 0 N–H and O–H groups in total. The molecule has 19 heavy (non-hydrogen) atoms. The van der Waals surface area contributed by atoms with E-state index in [2.05, 4.69) is 43.3 Å². The van der Waals surface area contributed by atoms with E-state index in [1.807, 2.05) is 0 Å². The normalized spacial score (nSPS) is 33.9. The Balaban J connectivity index is 1.89. The van der Waals surface area contributed by atoms with Crippen LogP contribution in [0.15, 0.2) is 24.3 Å². The van der Waals surface area contributed by atoms with Gasteiger partial charge in [0.05, 0.1) is 0 Å². The second kappa shape index (κ2) is 5.46. The van der Waals surface area contributed by atoms with Crippen molar-refractivity contribution in [3.63, 3.8) is 0 Å². The Kier molecular flexibility index (Phi) is 3.86. The Morgan fingerprint density at radius 2 is 1.58 bits per heavy atom. The summed E-state index contributed by atoms with van der Waals surface area (Å²) in [7, 11) is 4.42. The fourth-order valence-corrected chi connectivity index (χ4v) is 4.59. The number of hydrogen-bond acceptors (Lipinski definition) is 1. The van der Waals surface area contributed by atoms with E-state index in [9.17, 15) is 0 Å². The summed E-state index contributed by atoms with van der Waals surface area (Å²) in [5.41, 5.74) is 1.52. The lowest BCUT2D eigenvalue weighted by Gasteiger charge is -2.50. The van der Waals surface area contributed by atoms with E-state index in [4.69, 9.17) is 11.6 Å². The first kappa shape index (κ1) is 13.5. The van der Waals surface area contributed by atoms with Crippen LogP contribution in [-0.4, -0.2) is 25.5 Å². The van der Waals surface area contributed by atoms with Crippen molar-refractivity contribution in [2.45, 2.75) is 31.6 Å². The van der Waals surface area contributed by atoms with Crippen LogP contribution in [0.4, 0.5) is 0 Å². The number of hydrogen-bond donors (Lipinski definition) is 0. The van der Waals surface area contributed by atoms with E-state index in [1.165, 1.54) is 37.8 Å². The maximum Gasteiger partial charge on any atom is 0.0406 e. The molecule has 3 aliphatic carbocycles. The van der Waals surface area contributed by atoms with Crippen LogP contribution in [-0.2, 0) is 0 Å². The molecule has 0 heterocycles. The van der Waals surface area contributed by atoms with Gasteiger partial charge >= 0.3 is 0 Å². The van der Waals surface area contributed by atoms with Crippen molar-refractivity contribution in [3.8, 4) is 0 Å². The van der Waals surface area contributed by atoms with E-state index in [0.29, 0.717) is 0 Å². The third-order valence-corrected chi connectivity index (χ3v) is 5.47. The van der Waals surface area contributed by atoms with Gasteiger partial charge in [-0.15, -0.1) is 0 Å². The van der Waals surface area contributed by atoms with Gasteiger partial charge in [-0.1, -0.05) is 23.7 Å². The SMILES string of the molecule is CN(C)CC1C2CCC(CC2)C1c1ccc(Cl)cc1. The van der Waals surface area contributed by atoms with Crippen LogP contribution in [0.25, 0.3) is 0 Å². The highest BCUT2D eigenvalue weighted by atomic mass is 35.5. The predicted octanol–water partition coefficient (Wildman–Crippen LogP) is 4.42. The lowest BCUT2D eigenvalue weighted by atomic mass is 9.57. The predicted molar refractivity (Wildman–Crippen MR) is 81.7 cm³/mol. The average molecular weight is 278 g/mol. The lowest BCUT2D eigenvalue weighted by molar-refractivity contribution is 0.0507. The molecule has 3 aliphatic rings. The highest BCUT2D eigenvalue weighted by Gasteiger charge is 2.43. The molecule has 0 aromatic heterocycles. The zero-order valence-corrected chi connectivity index (χ0v) is 12.7. The molecule has 3 fully saturated rings. The van der Waals surface area contributed by atoms with Crippen LogP contribution in [0.2, 0.25) is 5.02 Å². The van der Waals surface area contributed by atoms with E-state index in [0.717, 1.165) is 28.7 Å². The molecule has 0 amide bonds. The number of nitrogens with zero attached hydrogens (tertiary/aromatic N) is 1. The zero-order chi connectivity index (χ0) is 13.4. The molecule has 3 saturated carbocycles. The number of fused-ring (bicyclic) bond motifs is 3. The first-order valence-electron chi connectivity index (χ1n) is 7.55. The summed E-state index contributed by atoms with van der Waals surface area (Å²) in [5.74, 6) is 3.43. The molecular weight excluding hydrogens is 254 g/mol. The zero-order valence-electron chi connectivity index (χ0n) is 12.0. The Morgan fingerprint density at radius 3 is 2.16 bits per heavy atom. The monoisotopic (exact) mass is 277 g/mol. The van der Waals surface area contributed by atoms with Crippen LogP contribution in [0.5, 0.6) is 0 Å². The maximum atomic E-state index is 6.04. The Hall–Kier alpha value is -0.530. The minimum atomic E-state index is 0.757. The van der Waals surface area contributed by atoms with Crippen molar-refractivity contribution in [3.05, 3.63) is 34.9 Å². The minimum Gasteiger partial charge on any atom is -0.309 e. The molecule has 0 radical (unpaired) electrons. The summed E-state index contributed by atoms with van der Waals surface area (Å²) in [5, 5.41) is 0.855. The van der Waals surface area contributed by atoms with Gasteiger partial charge in [-0.3, -0.25) is 0 Å². The smallest absolute Gasteiger partial charge is 0.0406 e. The van der Waals surface area contributed by atoms with Gasteiger partial charge in [-0.25, -0.2) is 0 Å². The van der Waals surface area contributed by atoms with Gasteiger partial charge in [0.25, 0.3) is 0 Å². The van der Waals surface area contributed by atoms with Gasteiger partial charge in [-0.05, 0) is 81.1 Å². The van der Waals surface area contributed by atoms with Gasteiger partial charge in [0.2, 0.25) is 0 Å². The Labute approximate surface area is 121 Å². The van der Waals surface area contributed by atoms with Crippen molar-refractivity contribution >= 4 is 11.6 Å². The van der Waals surface area contributed by atoms with E-state index in [1.54, 1.807) is 0 Å². The molecule has 1 nitrogen and oxygen atoms in total.